The van der Waals surface area contributed by atoms with Gasteiger partial charge < -0.3 is 35.9 Å². The van der Waals surface area contributed by atoms with Crippen LogP contribution in [0, 0.1) is 5.92 Å². The van der Waals surface area contributed by atoms with Gasteiger partial charge in [0.05, 0.1) is 19.7 Å². The third kappa shape index (κ3) is 5.56. The lowest BCUT2D eigenvalue weighted by molar-refractivity contribution is -0.120. The van der Waals surface area contributed by atoms with Crippen molar-refractivity contribution in [2.24, 2.45) is 11.7 Å². The van der Waals surface area contributed by atoms with E-state index in [0.717, 1.165) is 32.4 Å². The normalized spacial score (nSPS) is 14.3. The molecule has 0 aliphatic carbocycles. The fourth-order valence-electron chi connectivity index (χ4n) is 3.60. The quantitative estimate of drug-likeness (QED) is 0.555. The molecule has 0 saturated carbocycles. The summed E-state index contributed by atoms with van der Waals surface area (Å²) in [5, 5.41) is 3.34. The van der Waals surface area contributed by atoms with E-state index in [0.29, 0.717) is 46.6 Å². The number of nitrogens with one attached hydrogen (secondary N) is 1. The fraction of sp³-hybridized carbons (Fsp3) is 0.500. The number of methoxy groups -OCH3 is 2. The number of fused-ring (bicyclic) bond motifs is 1. The van der Waals surface area contributed by atoms with Crippen molar-refractivity contribution in [3.63, 3.8) is 0 Å². The summed E-state index contributed by atoms with van der Waals surface area (Å²) in [4.78, 5) is 33.3. The van der Waals surface area contributed by atoms with Crippen molar-refractivity contribution in [1.29, 1.82) is 0 Å². The van der Waals surface area contributed by atoms with Crippen LogP contribution in [0.5, 0.6) is 11.5 Å². The number of hydrogen-bond acceptors (Lipinski definition) is 9. The van der Waals surface area contributed by atoms with Crippen LogP contribution in [0.15, 0.2) is 12.1 Å². The minimum atomic E-state index is -0.684. The molecule has 0 unspecified atom stereocenters. The summed E-state index contributed by atoms with van der Waals surface area (Å²) >= 11 is 0. The molecule has 2 heterocycles. The Hall–Kier alpha value is -3.50. The van der Waals surface area contributed by atoms with Gasteiger partial charge in [0.1, 0.15) is 5.82 Å². The van der Waals surface area contributed by atoms with Gasteiger partial charge in [-0.2, -0.15) is 4.98 Å². The van der Waals surface area contributed by atoms with Crippen LogP contribution in [-0.4, -0.2) is 62.4 Å². The number of nitrogen functional groups attached to an aromatic ring is 1. The SMILES string of the molecule is COc1cc2nc(N3CCC(CCNC(=O)OCC(N)=O)CC3)nc(N)c2cc1OC. The summed E-state index contributed by atoms with van der Waals surface area (Å²) in [6.45, 7) is 1.63. The molecule has 1 fully saturated rings. The maximum absolute atomic E-state index is 11.5. The maximum Gasteiger partial charge on any atom is 0.407 e. The van der Waals surface area contributed by atoms with Gasteiger partial charge in [0.15, 0.2) is 18.1 Å². The van der Waals surface area contributed by atoms with Gasteiger partial charge in [0.2, 0.25) is 5.95 Å². The molecule has 2 amide bonds. The number of benzene rings is 1. The number of rotatable bonds is 8. The van der Waals surface area contributed by atoms with E-state index in [1.165, 1.54) is 0 Å². The van der Waals surface area contributed by atoms with Crippen LogP contribution in [0.4, 0.5) is 16.6 Å². The predicted octanol–water partition coefficient (Wildman–Crippen LogP) is 1.05. The molecule has 3 rings (SSSR count). The largest absolute Gasteiger partial charge is 0.493 e. The van der Waals surface area contributed by atoms with Gasteiger partial charge in [-0.05, 0) is 31.2 Å². The molecule has 11 heteroatoms. The average molecular weight is 432 g/mol. The number of carbonyl (C=O) groups is 2. The minimum Gasteiger partial charge on any atom is -0.493 e. The summed E-state index contributed by atoms with van der Waals surface area (Å²) in [6, 6.07) is 3.58. The first-order valence-corrected chi connectivity index (χ1v) is 10.0. The Bertz CT molecular complexity index is 945. The van der Waals surface area contributed by atoms with Crippen LogP contribution in [0.2, 0.25) is 0 Å². The highest BCUT2D eigenvalue weighted by molar-refractivity contribution is 5.91. The van der Waals surface area contributed by atoms with Crippen LogP contribution in [0.3, 0.4) is 0 Å². The predicted molar refractivity (Wildman–Crippen MR) is 115 cm³/mol. The molecule has 2 aromatic rings. The second kappa shape index (κ2) is 10.0. The lowest BCUT2D eigenvalue weighted by atomic mass is 9.94. The Morgan fingerprint density at radius 1 is 1.16 bits per heavy atom. The molecule has 168 valence electrons. The van der Waals surface area contributed by atoms with Crippen molar-refractivity contribution < 1.29 is 23.8 Å². The lowest BCUT2D eigenvalue weighted by Crippen LogP contribution is -2.36. The number of amides is 2. The Morgan fingerprint density at radius 3 is 2.48 bits per heavy atom. The Balaban J connectivity index is 1.56. The van der Waals surface area contributed by atoms with Crippen molar-refractivity contribution in [1.82, 2.24) is 15.3 Å². The molecule has 0 bridgehead atoms. The molecule has 0 atom stereocenters. The van der Waals surface area contributed by atoms with Gasteiger partial charge in [-0.3, -0.25) is 4.79 Å². The molecule has 1 aromatic carbocycles. The standard InChI is InChI=1S/C20H28N6O5/c1-29-15-9-13-14(10-16(15)30-2)24-19(25-18(13)22)26-7-4-12(5-8-26)3-6-23-20(28)31-11-17(21)27/h9-10,12H,3-8,11H2,1-2H3,(H2,21,27)(H,23,28)(H2,22,24,25). The van der Waals surface area contributed by atoms with Crippen molar-refractivity contribution in [2.45, 2.75) is 19.3 Å². The second-order valence-corrected chi connectivity index (χ2v) is 7.32. The van der Waals surface area contributed by atoms with E-state index in [4.69, 9.17) is 20.9 Å². The van der Waals surface area contributed by atoms with E-state index in [9.17, 15) is 9.59 Å². The summed E-state index contributed by atoms with van der Waals surface area (Å²) in [6.07, 6.45) is 2.05. The Morgan fingerprint density at radius 2 is 1.84 bits per heavy atom. The highest BCUT2D eigenvalue weighted by Crippen LogP contribution is 2.34. The molecule has 0 spiro atoms. The van der Waals surface area contributed by atoms with E-state index in [2.05, 4.69) is 24.9 Å². The van der Waals surface area contributed by atoms with E-state index in [-0.39, 0.29) is 0 Å². The van der Waals surface area contributed by atoms with Gasteiger partial charge in [-0.25, -0.2) is 9.78 Å². The number of alkyl carbamates (subject to hydrolysis) is 1. The number of aromatic nitrogens is 2. The Kier molecular flexibility index (Phi) is 7.16. The van der Waals surface area contributed by atoms with E-state index in [1.807, 2.05) is 0 Å². The topological polar surface area (TPSA) is 155 Å². The zero-order chi connectivity index (χ0) is 22.4. The molecule has 0 radical (unpaired) electrons. The summed E-state index contributed by atoms with van der Waals surface area (Å²) in [7, 11) is 3.14. The minimum absolute atomic E-state index is 0.391. The number of hydrogen-bond donors (Lipinski definition) is 3. The molecule has 11 nitrogen and oxygen atoms in total. The number of carbonyl (C=O) groups excluding carboxylic acids is 2. The molecule has 1 saturated heterocycles. The first-order chi connectivity index (χ1) is 14.9. The number of anilines is 2. The number of nitrogens with two attached hydrogens (primary N) is 2. The first kappa shape index (κ1) is 22.2. The first-order valence-electron chi connectivity index (χ1n) is 10.0. The van der Waals surface area contributed by atoms with Crippen molar-refractivity contribution in [3.05, 3.63) is 12.1 Å². The van der Waals surface area contributed by atoms with Gasteiger partial charge in [-0.1, -0.05) is 0 Å². The summed E-state index contributed by atoms with van der Waals surface area (Å²) in [5.41, 5.74) is 11.8. The monoisotopic (exact) mass is 432 g/mol. The van der Waals surface area contributed by atoms with Crippen molar-refractivity contribution in [3.8, 4) is 11.5 Å². The zero-order valence-corrected chi connectivity index (χ0v) is 17.7. The van der Waals surface area contributed by atoms with Gasteiger partial charge in [0.25, 0.3) is 5.91 Å². The Labute approximate surface area is 180 Å². The fourth-order valence-corrected chi connectivity index (χ4v) is 3.60. The second-order valence-electron chi connectivity index (χ2n) is 7.32. The average Bonchev–Trinajstić information content (AvgIpc) is 2.77. The highest BCUT2D eigenvalue weighted by Gasteiger charge is 2.22. The third-order valence-electron chi connectivity index (χ3n) is 5.28. The van der Waals surface area contributed by atoms with Crippen molar-refractivity contribution in [2.75, 3.05) is 51.1 Å². The smallest absolute Gasteiger partial charge is 0.407 e. The van der Waals surface area contributed by atoms with Crippen LogP contribution in [0.25, 0.3) is 10.9 Å². The molecular weight excluding hydrogens is 404 g/mol. The van der Waals surface area contributed by atoms with Crippen LogP contribution < -0.4 is 31.2 Å². The number of primary amides is 1. The summed E-state index contributed by atoms with van der Waals surface area (Å²) in [5.74, 6) is 1.91. The zero-order valence-electron chi connectivity index (χ0n) is 17.7. The molecule has 5 N–H and O–H groups in total. The van der Waals surface area contributed by atoms with Crippen LogP contribution >= 0.6 is 0 Å². The van der Waals surface area contributed by atoms with Gasteiger partial charge in [0, 0.05) is 31.1 Å². The number of ether oxygens (including phenoxy) is 3. The summed E-state index contributed by atoms with van der Waals surface area (Å²) < 4.78 is 15.4. The third-order valence-corrected chi connectivity index (χ3v) is 5.28. The molecule has 31 heavy (non-hydrogen) atoms. The lowest BCUT2D eigenvalue weighted by Gasteiger charge is -2.32. The molecule has 1 aliphatic rings. The highest BCUT2D eigenvalue weighted by atomic mass is 16.6. The van der Waals surface area contributed by atoms with E-state index < -0.39 is 18.6 Å². The van der Waals surface area contributed by atoms with Crippen LogP contribution in [0.1, 0.15) is 19.3 Å². The molecule has 1 aromatic heterocycles. The molecule has 1 aliphatic heterocycles. The van der Waals surface area contributed by atoms with E-state index in [1.54, 1.807) is 26.4 Å². The number of piperidine rings is 1. The van der Waals surface area contributed by atoms with Crippen LogP contribution in [-0.2, 0) is 9.53 Å². The van der Waals surface area contributed by atoms with Crippen molar-refractivity contribution >= 4 is 34.7 Å². The maximum atomic E-state index is 11.5. The molecular formula is C20H28N6O5. The van der Waals surface area contributed by atoms with E-state index >= 15 is 0 Å². The van der Waals surface area contributed by atoms with Gasteiger partial charge >= 0.3 is 6.09 Å². The van der Waals surface area contributed by atoms with Gasteiger partial charge in [-0.15, -0.1) is 0 Å². The number of nitrogens with zero attached hydrogens (tertiary/aromatic N) is 3.